The Kier molecular flexibility index (Phi) is 6.73. The van der Waals surface area contributed by atoms with Crippen molar-refractivity contribution in [2.45, 2.75) is 56.7 Å². The Morgan fingerprint density at radius 1 is 1.29 bits per heavy atom. The van der Waals surface area contributed by atoms with Crippen LogP contribution in [0.5, 0.6) is 0 Å². The molecule has 0 unspecified atom stereocenters. The van der Waals surface area contributed by atoms with Gasteiger partial charge in [0.15, 0.2) is 0 Å². The van der Waals surface area contributed by atoms with Gasteiger partial charge in [0.2, 0.25) is 17.7 Å². The van der Waals surface area contributed by atoms with Gasteiger partial charge >= 0.3 is 6.18 Å². The lowest BCUT2D eigenvalue weighted by Gasteiger charge is -2.31. The average Bonchev–Trinajstić information content (AvgIpc) is 2.98. The van der Waals surface area contributed by atoms with Crippen molar-refractivity contribution >= 4 is 17.7 Å². The van der Waals surface area contributed by atoms with E-state index in [9.17, 15) is 27.6 Å². The van der Waals surface area contributed by atoms with Gasteiger partial charge in [-0.2, -0.15) is 13.2 Å². The Hall–Kier alpha value is -2.42. The molecule has 3 amide bonds. The Bertz CT molecular complexity index is 851. The van der Waals surface area contributed by atoms with Gasteiger partial charge in [0.25, 0.3) is 0 Å². The number of rotatable bonds is 6. The normalized spacial score (nSPS) is 24.5. The van der Waals surface area contributed by atoms with Gasteiger partial charge < -0.3 is 9.64 Å². The minimum absolute atomic E-state index is 0.0345. The van der Waals surface area contributed by atoms with Crippen molar-refractivity contribution in [3.8, 4) is 0 Å². The highest BCUT2D eigenvalue weighted by atomic mass is 19.4. The number of carbonyl (C=O) groups is 3. The summed E-state index contributed by atoms with van der Waals surface area (Å²) in [5.41, 5.74) is -2.53. The number of hydrogen-bond acceptors (Lipinski definition) is 4. The van der Waals surface area contributed by atoms with Crippen molar-refractivity contribution in [3.63, 3.8) is 0 Å². The minimum Gasteiger partial charge on any atom is -0.376 e. The quantitative estimate of drug-likeness (QED) is 0.638. The molecule has 0 N–H and O–H groups in total. The molecule has 0 saturated carbocycles. The summed E-state index contributed by atoms with van der Waals surface area (Å²) in [7, 11) is 1.58. The smallest absolute Gasteiger partial charge is 0.376 e. The summed E-state index contributed by atoms with van der Waals surface area (Å²) < 4.78 is 45.5. The molecule has 31 heavy (non-hydrogen) atoms. The summed E-state index contributed by atoms with van der Waals surface area (Å²) >= 11 is 0. The van der Waals surface area contributed by atoms with Crippen molar-refractivity contribution in [2.75, 3.05) is 26.7 Å². The summed E-state index contributed by atoms with van der Waals surface area (Å²) in [5, 5.41) is 0. The largest absolute Gasteiger partial charge is 0.416 e. The van der Waals surface area contributed by atoms with Gasteiger partial charge in [-0.3, -0.25) is 19.3 Å². The molecule has 2 atom stereocenters. The second-order valence-electron chi connectivity index (χ2n) is 8.22. The summed E-state index contributed by atoms with van der Waals surface area (Å²) in [6.45, 7) is 2.67. The van der Waals surface area contributed by atoms with Crippen molar-refractivity contribution < 1.29 is 32.3 Å². The number of halogens is 3. The molecule has 2 aliphatic heterocycles. The number of benzene rings is 1. The van der Waals surface area contributed by atoms with Gasteiger partial charge in [-0.1, -0.05) is 18.2 Å². The Labute approximate surface area is 179 Å². The van der Waals surface area contributed by atoms with Crippen LogP contribution < -0.4 is 0 Å². The van der Waals surface area contributed by atoms with E-state index in [1.54, 1.807) is 14.0 Å². The van der Waals surface area contributed by atoms with E-state index in [1.807, 2.05) is 0 Å². The van der Waals surface area contributed by atoms with Gasteiger partial charge in [-0.15, -0.1) is 0 Å². The molecule has 2 heterocycles. The number of ether oxygens (including phenoxy) is 1. The first kappa shape index (κ1) is 23.2. The van der Waals surface area contributed by atoms with Gasteiger partial charge in [0.05, 0.1) is 17.1 Å². The fourth-order valence-corrected chi connectivity index (χ4v) is 4.33. The molecule has 9 heteroatoms. The van der Waals surface area contributed by atoms with E-state index >= 15 is 0 Å². The molecule has 2 fully saturated rings. The molecular formula is C22H27F3N2O4. The maximum absolute atomic E-state index is 13.3. The van der Waals surface area contributed by atoms with E-state index in [1.165, 1.54) is 17.0 Å². The van der Waals surface area contributed by atoms with E-state index in [-0.39, 0.29) is 31.1 Å². The SMILES string of the molecule is CCN1C(=O)C[C@@](CC(=O)N(C)C[C@H]2CCCCO2)(c2cccc(C(F)(F)F)c2)C1=O. The van der Waals surface area contributed by atoms with E-state index in [0.29, 0.717) is 13.2 Å². The Morgan fingerprint density at radius 2 is 2.03 bits per heavy atom. The van der Waals surface area contributed by atoms with Crippen LogP contribution in [0.4, 0.5) is 13.2 Å². The molecule has 1 aromatic rings. The molecule has 0 spiro atoms. The van der Waals surface area contributed by atoms with Crippen LogP contribution in [0.3, 0.4) is 0 Å². The summed E-state index contributed by atoms with van der Waals surface area (Å²) in [5.74, 6) is -1.53. The summed E-state index contributed by atoms with van der Waals surface area (Å²) in [6.07, 6.45) is -2.64. The van der Waals surface area contributed by atoms with Crippen LogP contribution in [0.15, 0.2) is 24.3 Å². The summed E-state index contributed by atoms with van der Waals surface area (Å²) in [4.78, 5) is 41.2. The average molecular weight is 440 g/mol. The Morgan fingerprint density at radius 3 is 2.61 bits per heavy atom. The first-order chi connectivity index (χ1) is 14.6. The lowest BCUT2D eigenvalue weighted by Crippen LogP contribution is -2.44. The first-order valence-electron chi connectivity index (χ1n) is 10.5. The number of likely N-dealkylation sites (N-methyl/N-ethyl adjacent to an activating group) is 2. The number of hydrogen-bond donors (Lipinski definition) is 0. The van der Waals surface area contributed by atoms with Crippen molar-refractivity contribution in [1.82, 2.24) is 9.80 Å². The Balaban J connectivity index is 1.91. The third kappa shape index (κ3) is 4.76. The predicted molar refractivity (Wildman–Crippen MR) is 106 cm³/mol. The molecule has 0 bridgehead atoms. The molecule has 1 aromatic carbocycles. The maximum atomic E-state index is 13.3. The second-order valence-corrected chi connectivity index (χ2v) is 8.22. The molecule has 3 rings (SSSR count). The highest BCUT2D eigenvalue weighted by molar-refractivity contribution is 6.10. The van der Waals surface area contributed by atoms with Crippen LogP contribution in [-0.4, -0.2) is 60.4 Å². The molecular weight excluding hydrogens is 413 g/mol. The van der Waals surface area contributed by atoms with E-state index in [0.717, 1.165) is 36.3 Å². The maximum Gasteiger partial charge on any atom is 0.416 e. The zero-order chi connectivity index (χ0) is 22.8. The number of alkyl halides is 3. The highest BCUT2D eigenvalue weighted by Crippen LogP contribution is 2.42. The summed E-state index contributed by atoms with van der Waals surface area (Å²) in [6, 6.07) is 4.37. The zero-order valence-corrected chi connectivity index (χ0v) is 17.7. The fraction of sp³-hybridized carbons (Fsp3) is 0.591. The molecule has 2 aliphatic rings. The van der Waals surface area contributed by atoms with E-state index < -0.39 is 34.9 Å². The standard InChI is InChI=1S/C22H27F3N2O4/c1-3-27-19(29)13-21(20(27)30,15-7-6-8-16(11-15)22(23,24)25)12-18(28)26(2)14-17-9-4-5-10-31-17/h6-8,11,17H,3-5,9-10,12-14H2,1-2H3/t17-,21+/m1/s1. The monoisotopic (exact) mass is 440 g/mol. The van der Waals surface area contributed by atoms with Gasteiger partial charge in [0.1, 0.15) is 0 Å². The number of amides is 3. The van der Waals surface area contributed by atoms with Crippen LogP contribution in [0.1, 0.15) is 50.2 Å². The van der Waals surface area contributed by atoms with Crippen LogP contribution in [0, 0.1) is 0 Å². The highest BCUT2D eigenvalue weighted by Gasteiger charge is 2.54. The number of likely N-dealkylation sites (tertiary alicyclic amines) is 1. The third-order valence-electron chi connectivity index (χ3n) is 6.10. The molecule has 6 nitrogen and oxygen atoms in total. The lowest BCUT2D eigenvalue weighted by atomic mass is 9.75. The predicted octanol–water partition coefficient (Wildman–Crippen LogP) is 3.14. The van der Waals surface area contributed by atoms with Crippen LogP contribution in [0.2, 0.25) is 0 Å². The molecule has 0 aromatic heterocycles. The van der Waals surface area contributed by atoms with Crippen molar-refractivity contribution in [2.24, 2.45) is 0 Å². The fourth-order valence-electron chi connectivity index (χ4n) is 4.33. The number of imide groups is 1. The molecule has 0 aliphatic carbocycles. The van der Waals surface area contributed by atoms with E-state index in [4.69, 9.17) is 4.74 Å². The zero-order valence-electron chi connectivity index (χ0n) is 17.7. The van der Waals surface area contributed by atoms with Gasteiger partial charge in [0, 0.05) is 39.6 Å². The van der Waals surface area contributed by atoms with Crippen LogP contribution in [0.25, 0.3) is 0 Å². The second kappa shape index (κ2) is 8.98. The van der Waals surface area contributed by atoms with Crippen LogP contribution >= 0.6 is 0 Å². The number of carbonyl (C=O) groups excluding carboxylic acids is 3. The molecule has 170 valence electrons. The molecule has 0 radical (unpaired) electrons. The third-order valence-corrected chi connectivity index (χ3v) is 6.10. The van der Waals surface area contributed by atoms with Gasteiger partial charge in [-0.05, 0) is 37.8 Å². The number of nitrogens with zero attached hydrogens (tertiary/aromatic N) is 2. The minimum atomic E-state index is -4.60. The molecule has 2 saturated heterocycles. The van der Waals surface area contributed by atoms with E-state index in [2.05, 4.69) is 0 Å². The van der Waals surface area contributed by atoms with Crippen molar-refractivity contribution in [1.29, 1.82) is 0 Å². The van der Waals surface area contributed by atoms with Crippen LogP contribution in [-0.2, 0) is 30.7 Å². The topological polar surface area (TPSA) is 66.9 Å². The van der Waals surface area contributed by atoms with Crippen molar-refractivity contribution in [3.05, 3.63) is 35.4 Å². The first-order valence-corrected chi connectivity index (χ1v) is 10.5. The lowest BCUT2D eigenvalue weighted by molar-refractivity contribution is -0.143. The van der Waals surface area contributed by atoms with Gasteiger partial charge in [-0.25, -0.2) is 0 Å².